The van der Waals surface area contributed by atoms with Gasteiger partial charge < -0.3 is 5.11 Å². The molecule has 0 saturated carbocycles. The lowest BCUT2D eigenvalue weighted by molar-refractivity contribution is -0.135. The van der Waals surface area contributed by atoms with Crippen molar-refractivity contribution >= 4 is 34.7 Å². The number of aliphatic carboxylic acids is 1. The molecule has 1 aromatic carbocycles. The van der Waals surface area contributed by atoms with Gasteiger partial charge in [0.05, 0.1) is 16.5 Å². The maximum absolute atomic E-state index is 10.5. The monoisotopic (exact) mass is 258 g/mol. The van der Waals surface area contributed by atoms with Crippen LogP contribution in [-0.2, 0) is 4.79 Å². The van der Waals surface area contributed by atoms with E-state index in [1.807, 2.05) is 13.0 Å². The smallest absolute Gasteiger partial charge is 0.307 e. The Morgan fingerprint density at radius 3 is 2.56 bits per heavy atom. The molecule has 0 aliphatic heterocycles. The molecule has 0 bridgehead atoms. The van der Waals surface area contributed by atoms with Crippen molar-refractivity contribution in [3.63, 3.8) is 0 Å². The van der Waals surface area contributed by atoms with Crippen molar-refractivity contribution in [1.29, 1.82) is 0 Å². The topological polar surface area (TPSA) is 37.3 Å². The second-order valence-electron chi connectivity index (χ2n) is 3.31. The lowest BCUT2D eigenvalue weighted by atomic mass is 10.0. The molecule has 0 unspecified atom stereocenters. The third-order valence-electron chi connectivity index (χ3n) is 2.19. The third kappa shape index (κ3) is 3.54. The van der Waals surface area contributed by atoms with E-state index in [0.717, 1.165) is 17.6 Å². The molecule has 0 aliphatic rings. The van der Waals surface area contributed by atoms with Gasteiger partial charge in [0.25, 0.3) is 0 Å². The van der Waals surface area contributed by atoms with Gasteiger partial charge in [0.1, 0.15) is 0 Å². The fraction of sp³-hybridized carbons (Fsp3) is 0.250. The summed E-state index contributed by atoms with van der Waals surface area (Å²) in [6.07, 6.45) is 2.47. The first-order valence-electron chi connectivity index (χ1n) is 4.90. The van der Waals surface area contributed by atoms with E-state index in [-0.39, 0.29) is 6.42 Å². The zero-order chi connectivity index (χ0) is 12.1. The molecule has 16 heavy (non-hydrogen) atoms. The molecule has 0 saturated heterocycles. The van der Waals surface area contributed by atoms with Crippen LogP contribution in [0.1, 0.15) is 25.3 Å². The second-order valence-corrected chi connectivity index (χ2v) is 4.12. The van der Waals surface area contributed by atoms with Gasteiger partial charge >= 0.3 is 5.97 Å². The molecule has 0 atom stereocenters. The summed E-state index contributed by atoms with van der Waals surface area (Å²) in [5.41, 5.74) is 1.87. The van der Waals surface area contributed by atoms with E-state index in [1.165, 1.54) is 0 Å². The molecule has 0 heterocycles. The molecule has 0 spiro atoms. The van der Waals surface area contributed by atoms with Crippen LogP contribution in [0.2, 0.25) is 10.0 Å². The van der Waals surface area contributed by atoms with Gasteiger partial charge in [-0.05, 0) is 29.7 Å². The Hall–Kier alpha value is -0.990. The Labute approximate surface area is 104 Å². The van der Waals surface area contributed by atoms with Crippen molar-refractivity contribution in [2.75, 3.05) is 0 Å². The minimum atomic E-state index is -0.842. The number of rotatable bonds is 4. The zero-order valence-corrected chi connectivity index (χ0v) is 10.3. The third-order valence-corrected chi connectivity index (χ3v) is 2.93. The number of allylic oxidation sites excluding steroid dienone is 1. The number of benzene rings is 1. The fourth-order valence-corrected chi connectivity index (χ4v) is 1.67. The van der Waals surface area contributed by atoms with Crippen molar-refractivity contribution in [2.24, 2.45) is 0 Å². The number of carboxylic acids is 1. The Bertz CT molecular complexity index is 425. The van der Waals surface area contributed by atoms with Gasteiger partial charge in [-0.25, -0.2) is 0 Å². The van der Waals surface area contributed by atoms with Crippen LogP contribution in [0.4, 0.5) is 0 Å². The van der Waals surface area contributed by atoms with Crippen LogP contribution in [0.3, 0.4) is 0 Å². The minimum Gasteiger partial charge on any atom is -0.481 e. The second kappa shape index (κ2) is 5.92. The van der Waals surface area contributed by atoms with Crippen LogP contribution in [0.5, 0.6) is 0 Å². The zero-order valence-electron chi connectivity index (χ0n) is 8.84. The fourth-order valence-electron chi connectivity index (χ4n) is 1.37. The first kappa shape index (κ1) is 13.1. The van der Waals surface area contributed by atoms with Crippen LogP contribution in [0.15, 0.2) is 24.3 Å². The molecule has 1 rings (SSSR count). The minimum absolute atomic E-state index is 0.0173. The largest absolute Gasteiger partial charge is 0.481 e. The number of hydrogen-bond acceptors (Lipinski definition) is 1. The lowest BCUT2D eigenvalue weighted by Crippen LogP contribution is -1.92. The number of hydrogen-bond donors (Lipinski definition) is 1. The van der Waals surface area contributed by atoms with Gasteiger partial charge in [0.2, 0.25) is 0 Å². The van der Waals surface area contributed by atoms with Crippen LogP contribution in [0.25, 0.3) is 5.57 Å². The summed E-state index contributed by atoms with van der Waals surface area (Å²) in [6, 6.07) is 5.30. The van der Waals surface area contributed by atoms with E-state index in [4.69, 9.17) is 28.3 Å². The van der Waals surface area contributed by atoms with Crippen molar-refractivity contribution in [3.8, 4) is 0 Å². The summed E-state index contributed by atoms with van der Waals surface area (Å²) in [4.78, 5) is 10.5. The maximum Gasteiger partial charge on any atom is 0.307 e. The van der Waals surface area contributed by atoms with E-state index in [9.17, 15) is 4.79 Å². The van der Waals surface area contributed by atoms with Crippen LogP contribution < -0.4 is 0 Å². The maximum atomic E-state index is 10.5. The summed E-state index contributed by atoms with van der Waals surface area (Å²) in [6.45, 7) is 1.97. The van der Waals surface area contributed by atoms with Crippen LogP contribution in [-0.4, -0.2) is 11.1 Å². The molecule has 4 heteroatoms. The lowest BCUT2D eigenvalue weighted by Gasteiger charge is -2.06. The van der Waals surface area contributed by atoms with Crippen LogP contribution >= 0.6 is 23.2 Å². The molecule has 0 amide bonds. The van der Waals surface area contributed by atoms with Gasteiger partial charge in [-0.3, -0.25) is 4.79 Å². The summed E-state index contributed by atoms with van der Waals surface area (Å²) >= 11 is 11.7. The van der Waals surface area contributed by atoms with Gasteiger partial charge in [-0.2, -0.15) is 0 Å². The Kier molecular flexibility index (Phi) is 4.84. The molecule has 0 aliphatic carbocycles. The average Bonchev–Trinajstić information content (AvgIpc) is 2.23. The Morgan fingerprint density at radius 2 is 2.06 bits per heavy atom. The normalized spacial score (nSPS) is 11.6. The molecule has 1 N–H and O–H groups in total. The number of halogens is 2. The van der Waals surface area contributed by atoms with Crippen molar-refractivity contribution in [3.05, 3.63) is 39.9 Å². The van der Waals surface area contributed by atoms with Gasteiger partial charge in [-0.15, -0.1) is 0 Å². The van der Waals surface area contributed by atoms with E-state index >= 15 is 0 Å². The molecule has 0 aromatic heterocycles. The molecule has 0 radical (unpaired) electrons. The SMILES string of the molecule is CC/C(=C\CC(=O)O)c1ccc(Cl)c(Cl)c1. The van der Waals surface area contributed by atoms with Gasteiger partial charge in [0, 0.05) is 0 Å². The van der Waals surface area contributed by atoms with Crippen molar-refractivity contribution in [1.82, 2.24) is 0 Å². The highest BCUT2D eigenvalue weighted by Gasteiger charge is 2.04. The van der Waals surface area contributed by atoms with Gasteiger partial charge in [-0.1, -0.05) is 42.3 Å². The van der Waals surface area contributed by atoms with E-state index < -0.39 is 5.97 Å². The first-order chi connectivity index (χ1) is 7.54. The molecule has 0 fully saturated rings. The predicted octanol–water partition coefficient (Wildman–Crippen LogP) is 4.26. The first-order valence-corrected chi connectivity index (χ1v) is 5.66. The van der Waals surface area contributed by atoms with Crippen LogP contribution in [0, 0.1) is 0 Å². The van der Waals surface area contributed by atoms with E-state index in [2.05, 4.69) is 0 Å². The summed E-state index contributed by atoms with van der Waals surface area (Å²) in [5, 5.41) is 9.59. The average molecular weight is 259 g/mol. The highest BCUT2D eigenvalue weighted by molar-refractivity contribution is 6.42. The van der Waals surface area contributed by atoms with Crippen molar-refractivity contribution < 1.29 is 9.90 Å². The molecular weight excluding hydrogens is 247 g/mol. The van der Waals surface area contributed by atoms with E-state index in [1.54, 1.807) is 18.2 Å². The molecular formula is C12H12Cl2O2. The number of carbonyl (C=O) groups is 1. The Balaban J connectivity index is 2.99. The summed E-state index contributed by atoms with van der Waals surface area (Å²) < 4.78 is 0. The highest BCUT2D eigenvalue weighted by Crippen LogP contribution is 2.27. The molecule has 86 valence electrons. The van der Waals surface area contributed by atoms with Gasteiger partial charge in [0.15, 0.2) is 0 Å². The standard InChI is InChI=1S/C12H12Cl2O2/c1-2-8(4-6-12(15)16)9-3-5-10(13)11(14)7-9/h3-5,7H,2,6H2,1H3,(H,15,16)/b8-4+. The number of carboxylic acid groups (broad SMARTS) is 1. The van der Waals surface area contributed by atoms with E-state index in [0.29, 0.717) is 10.0 Å². The highest BCUT2D eigenvalue weighted by atomic mass is 35.5. The molecule has 1 aromatic rings. The van der Waals surface area contributed by atoms with Crippen molar-refractivity contribution in [2.45, 2.75) is 19.8 Å². The Morgan fingerprint density at radius 1 is 1.38 bits per heavy atom. The summed E-state index contributed by atoms with van der Waals surface area (Å²) in [5.74, 6) is -0.842. The summed E-state index contributed by atoms with van der Waals surface area (Å²) in [7, 11) is 0. The quantitative estimate of drug-likeness (QED) is 0.877. The predicted molar refractivity (Wildman–Crippen MR) is 67.0 cm³/mol. The molecule has 2 nitrogen and oxygen atoms in total.